The van der Waals surface area contributed by atoms with Crippen LogP contribution in [0.3, 0.4) is 0 Å². The van der Waals surface area contributed by atoms with Crippen molar-refractivity contribution in [3.05, 3.63) is 66.0 Å². The second kappa shape index (κ2) is 9.98. The summed E-state index contributed by atoms with van der Waals surface area (Å²) >= 11 is 1.40. The molecule has 31 heavy (non-hydrogen) atoms. The molecule has 162 valence electrons. The van der Waals surface area contributed by atoms with Gasteiger partial charge in [-0.3, -0.25) is 14.3 Å². The van der Waals surface area contributed by atoms with Crippen LogP contribution in [0.5, 0.6) is 5.75 Å². The van der Waals surface area contributed by atoms with Crippen molar-refractivity contribution >= 4 is 17.7 Å². The molecule has 3 aromatic rings. The van der Waals surface area contributed by atoms with Gasteiger partial charge in [0.2, 0.25) is 5.91 Å². The maximum absolute atomic E-state index is 12.8. The molecular formula is C23H27N5O2S. The van der Waals surface area contributed by atoms with Crippen molar-refractivity contribution < 1.29 is 9.53 Å². The van der Waals surface area contributed by atoms with Crippen LogP contribution in [0.15, 0.2) is 60.0 Å². The van der Waals surface area contributed by atoms with Crippen LogP contribution in [0.1, 0.15) is 11.1 Å². The number of carbonyl (C=O) groups excluding carboxylic acids is 1. The average Bonchev–Trinajstić information content (AvgIpc) is 3.28. The first kappa shape index (κ1) is 21.4. The van der Waals surface area contributed by atoms with Gasteiger partial charge >= 0.3 is 0 Å². The monoisotopic (exact) mass is 437 g/mol. The molecule has 1 amide bonds. The molecule has 1 fully saturated rings. The number of ether oxygens (including phenoxy) is 1. The molecule has 0 bridgehead atoms. The molecular weight excluding hydrogens is 410 g/mol. The fraction of sp³-hybridized carbons (Fsp3) is 0.348. The number of hydrogen-bond acceptors (Lipinski definition) is 6. The Morgan fingerprint density at radius 2 is 1.81 bits per heavy atom. The van der Waals surface area contributed by atoms with Gasteiger partial charge in [-0.15, -0.1) is 10.2 Å². The highest BCUT2D eigenvalue weighted by Gasteiger charge is 2.22. The van der Waals surface area contributed by atoms with E-state index in [-0.39, 0.29) is 5.91 Å². The quantitative estimate of drug-likeness (QED) is 0.530. The fourth-order valence-corrected chi connectivity index (χ4v) is 4.54. The predicted molar refractivity (Wildman–Crippen MR) is 122 cm³/mol. The Balaban J connectivity index is 1.31. The molecule has 4 rings (SSSR count). The van der Waals surface area contributed by atoms with E-state index in [0.29, 0.717) is 10.9 Å². The van der Waals surface area contributed by atoms with E-state index >= 15 is 0 Å². The third kappa shape index (κ3) is 5.08. The summed E-state index contributed by atoms with van der Waals surface area (Å²) in [5.74, 6) is 1.21. The summed E-state index contributed by atoms with van der Waals surface area (Å²) in [4.78, 5) is 17.2. The van der Waals surface area contributed by atoms with Crippen molar-refractivity contribution in [2.75, 3.05) is 39.0 Å². The third-order valence-electron chi connectivity index (χ3n) is 5.57. The zero-order valence-corrected chi connectivity index (χ0v) is 18.7. The van der Waals surface area contributed by atoms with Crippen molar-refractivity contribution in [3.8, 4) is 11.4 Å². The second-order valence-electron chi connectivity index (χ2n) is 7.53. The number of para-hydroxylation sites is 2. The zero-order valence-electron chi connectivity index (χ0n) is 17.9. The van der Waals surface area contributed by atoms with Crippen LogP contribution in [-0.4, -0.2) is 69.5 Å². The van der Waals surface area contributed by atoms with E-state index in [4.69, 9.17) is 4.74 Å². The SMILES string of the molecule is COc1ccccc1-n1cnnc1SCC(=O)N1CCN(Cc2ccccc2C)CC1. The Morgan fingerprint density at radius 3 is 2.58 bits per heavy atom. The molecule has 1 aliphatic rings. The van der Waals surface area contributed by atoms with E-state index in [9.17, 15) is 4.79 Å². The number of nitrogens with zero attached hydrogens (tertiary/aromatic N) is 5. The lowest BCUT2D eigenvalue weighted by atomic mass is 10.1. The Kier molecular flexibility index (Phi) is 6.89. The van der Waals surface area contributed by atoms with E-state index in [2.05, 4.69) is 46.3 Å². The molecule has 1 aromatic heterocycles. The highest BCUT2D eigenvalue weighted by molar-refractivity contribution is 7.99. The smallest absolute Gasteiger partial charge is 0.233 e. The molecule has 0 unspecified atom stereocenters. The van der Waals surface area contributed by atoms with Crippen LogP contribution in [0.2, 0.25) is 0 Å². The minimum Gasteiger partial charge on any atom is -0.495 e. The summed E-state index contributed by atoms with van der Waals surface area (Å²) in [6.07, 6.45) is 1.65. The van der Waals surface area contributed by atoms with Crippen LogP contribution >= 0.6 is 11.8 Å². The van der Waals surface area contributed by atoms with Crippen LogP contribution in [0.25, 0.3) is 5.69 Å². The van der Waals surface area contributed by atoms with Crippen molar-refractivity contribution in [2.24, 2.45) is 0 Å². The van der Waals surface area contributed by atoms with Gasteiger partial charge in [0, 0.05) is 32.7 Å². The van der Waals surface area contributed by atoms with Gasteiger partial charge in [-0.1, -0.05) is 48.2 Å². The lowest BCUT2D eigenvalue weighted by molar-refractivity contribution is -0.130. The molecule has 2 heterocycles. The Hall–Kier alpha value is -2.84. The van der Waals surface area contributed by atoms with Gasteiger partial charge in [0.15, 0.2) is 5.16 Å². The van der Waals surface area contributed by atoms with E-state index in [1.165, 1.54) is 22.9 Å². The molecule has 0 radical (unpaired) electrons. The van der Waals surface area contributed by atoms with Crippen molar-refractivity contribution in [1.82, 2.24) is 24.6 Å². The molecule has 0 saturated carbocycles. The summed E-state index contributed by atoms with van der Waals surface area (Å²) in [5, 5.41) is 8.90. The Morgan fingerprint density at radius 1 is 1.06 bits per heavy atom. The predicted octanol–water partition coefficient (Wildman–Crippen LogP) is 3.02. The van der Waals surface area contributed by atoms with E-state index in [1.54, 1.807) is 13.4 Å². The molecule has 8 heteroatoms. The van der Waals surface area contributed by atoms with E-state index in [1.807, 2.05) is 33.7 Å². The van der Waals surface area contributed by atoms with Gasteiger partial charge in [-0.05, 0) is 30.2 Å². The standard InChI is InChI=1S/C23H27N5O2S/c1-18-7-3-4-8-19(18)15-26-11-13-27(14-12-26)22(29)16-31-23-25-24-17-28(23)20-9-5-6-10-21(20)30-2/h3-10,17H,11-16H2,1-2H3. The summed E-state index contributed by atoms with van der Waals surface area (Å²) in [6, 6.07) is 16.2. The van der Waals surface area contributed by atoms with Crippen LogP contribution < -0.4 is 4.74 Å². The molecule has 7 nitrogen and oxygen atoms in total. The first-order valence-corrected chi connectivity index (χ1v) is 11.3. The number of methoxy groups -OCH3 is 1. The van der Waals surface area contributed by atoms with E-state index in [0.717, 1.165) is 44.2 Å². The molecule has 1 saturated heterocycles. The molecule has 0 N–H and O–H groups in total. The van der Waals surface area contributed by atoms with Gasteiger partial charge in [-0.25, -0.2) is 0 Å². The zero-order chi connectivity index (χ0) is 21.6. The highest BCUT2D eigenvalue weighted by Crippen LogP contribution is 2.26. The van der Waals surface area contributed by atoms with E-state index < -0.39 is 0 Å². The average molecular weight is 438 g/mol. The molecule has 1 aliphatic heterocycles. The largest absolute Gasteiger partial charge is 0.495 e. The third-order valence-corrected chi connectivity index (χ3v) is 6.49. The normalized spacial score (nSPS) is 14.6. The van der Waals surface area contributed by atoms with Crippen molar-refractivity contribution in [3.63, 3.8) is 0 Å². The molecule has 2 aromatic carbocycles. The van der Waals surface area contributed by atoms with Gasteiger partial charge in [0.1, 0.15) is 12.1 Å². The minimum absolute atomic E-state index is 0.134. The minimum atomic E-state index is 0.134. The number of aryl methyl sites for hydroxylation is 1. The van der Waals surface area contributed by atoms with Gasteiger partial charge in [-0.2, -0.15) is 0 Å². The molecule has 0 aliphatic carbocycles. The summed E-state index contributed by atoms with van der Waals surface area (Å²) in [6.45, 7) is 6.38. The van der Waals surface area contributed by atoms with Gasteiger partial charge in [0.05, 0.1) is 18.6 Å². The van der Waals surface area contributed by atoms with Crippen LogP contribution in [0, 0.1) is 6.92 Å². The number of carbonyl (C=O) groups is 1. The molecule has 0 spiro atoms. The number of rotatable bonds is 7. The Labute approximate surface area is 187 Å². The summed E-state index contributed by atoms with van der Waals surface area (Å²) in [5.41, 5.74) is 3.53. The molecule has 0 atom stereocenters. The number of piperazine rings is 1. The number of benzene rings is 2. The number of thioether (sulfide) groups is 1. The first-order chi connectivity index (χ1) is 15.2. The fourth-order valence-electron chi connectivity index (χ4n) is 3.72. The summed E-state index contributed by atoms with van der Waals surface area (Å²) in [7, 11) is 1.64. The first-order valence-electron chi connectivity index (χ1n) is 10.4. The number of aromatic nitrogens is 3. The second-order valence-corrected chi connectivity index (χ2v) is 8.47. The topological polar surface area (TPSA) is 63.5 Å². The maximum Gasteiger partial charge on any atom is 0.233 e. The maximum atomic E-state index is 12.8. The van der Waals surface area contributed by atoms with Gasteiger partial charge in [0.25, 0.3) is 0 Å². The summed E-state index contributed by atoms with van der Waals surface area (Å²) < 4.78 is 7.30. The van der Waals surface area contributed by atoms with Gasteiger partial charge < -0.3 is 9.64 Å². The highest BCUT2D eigenvalue weighted by atomic mass is 32.2. The van der Waals surface area contributed by atoms with Crippen molar-refractivity contribution in [2.45, 2.75) is 18.6 Å². The van der Waals surface area contributed by atoms with Crippen LogP contribution in [0.4, 0.5) is 0 Å². The number of hydrogen-bond donors (Lipinski definition) is 0. The van der Waals surface area contributed by atoms with Crippen LogP contribution in [-0.2, 0) is 11.3 Å². The number of amides is 1. The lowest BCUT2D eigenvalue weighted by Crippen LogP contribution is -2.48. The van der Waals surface area contributed by atoms with Crippen molar-refractivity contribution in [1.29, 1.82) is 0 Å². The lowest BCUT2D eigenvalue weighted by Gasteiger charge is -2.35. The Bertz CT molecular complexity index is 1030.